The quantitative estimate of drug-likeness (QED) is 0.0345. The number of unbranched alkanes of at least 4 members (excludes halogenated alkanes) is 27. The Labute approximate surface area is 434 Å². The minimum absolute atomic E-state index is 0.0587. The zero-order chi connectivity index (χ0) is 50.6. The number of hydrogen-bond acceptors (Lipinski definition) is 5. The minimum atomic E-state index is -0.569. The molecule has 0 fully saturated rings. The Bertz CT molecular complexity index is 1330. The van der Waals surface area contributed by atoms with Gasteiger partial charge in [0, 0.05) is 19.4 Å². The Morgan fingerprint density at radius 3 is 1.06 bits per heavy atom. The highest BCUT2D eigenvalue weighted by Crippen LogP contribution is 2.16. The van der Waals surface area contributed by atoms with Gasteiger partial charge in [-0.3, -0.25) is 9.59 Å². The van der Waals surface area contributed by atoms with Gasteiger partial charge in [0.1, 0.15) is 6.61 Å². The molecule has 0 aliphatic carbocycles. The Hall–Kier alpha value is -3.18. The highest BCUT2D eigenvalue weighted by molar-refractivity contribution is 5.70. The van der Waals surface area contributed by atoms with E-state index in [0.717, 1.165) is 103 Å². The second-order valence-corrected chi connectivity index (χ2v) is 19.5. The van der Waals surface area contributed by atoms with Gasteiger partial charge in [0.25, 0.3) is 0 Å². The van der Waals surface area contributed by atoms with E-state index in [0.29, 0.717) is 19.4 Å². The molecule has 0 bridgehead atoms. The molecule has 0 saturated heterocycles. The molecule has 0 aliphatic heterocycles. The topological polar surface area (TPSA) is 61.8 Å². The number of allylic oxidation sites excluding steroid dienone is 16. The van der Waals surface area contributed by atoms with Crippen molar-refractivity contribution < 1.29 is 23.8 Å². The van der Waals surface area contributed by atoms with Crippen LogP contribution >= 0.6 is 0 Å². The van der Waals surface area contributed by atoms with Gasteiger partial charge in [0.2, 0.25) is 0 Å². The molecule has 0 aromatic rings. The second kappa shape index (κ2) is 60.1. The molecule has 402 valence electrons. The van der Waals surface area contributed by atoms with Crippen molar-refractivity contribution in [3.63, 3.8) is 0 Å². The third kappa shape index (κ3) is 57.4. The summed E-state index contributed by atoms with van der Waals surface area (Å²) in [5.74, 6) is -0.429. The maximum Gasteiger partial charge on any atom is 0.306 e. The lowest BCUT2D eigenvalue weighted by Crippen LogP contribution is -2.30. The zero-order valence-corrected chi connectivity index (χ0v) is 46.3. The maximum atomic E-state index is 12.9. The van der Waals surface area contributed by atoms with Crippen molar-refractivity contribution >= 4 is 11.9 Å². The summed E-state index contributed by atoms with van der Waals surface area (Å²) in [6, 6.07) is 0. The third-order valence-corrected chi connectivity index (χ3v) is 12.6. The van der Waals surface area contributed by atoms with Crippen molar-refractivity contribution in [2.45, 2.75) is 284 Å². The van der Waals surface area contributed by atoms with Crippen LogP contribution in [0.5, 0.6) is 0 Å². The Morgan fingerprint density at radius 2 is 0.643 bits per heavy atom. The number of carbonyl (C=O) groups is 2. The van der Waals surface area contributed by atoms with Gasteiger partial charge < -0.3 is 14.2 Å². The van der Waals surface area contributed by atoms with Gasteiger partial charge in [-0.05, 0) is 103 Å². The van der Waals surface area contributed by atoms with Gasteiger partial charge in [-0.15, -0.1) is 0 Å². The average Bonchev–Trinajstić information content (AvgIpc) is 3.36. The largest absolute Gasteiger partial charge is 0.462 e. The van der Waals surface area contributed by atoms with E-state index < -0.39 is 6.10 Å². The molecule has 1 atom stereocenters. The zero-order valence-electron chi connectivity index (χ0n) is 46.3. The lowest BCUT2D eigenvalue weighted by atomic mass is 10.0. The van der Waals surface area contributed by atoms with Crippen molar-refractivity contribution in [3.8, 4) is 0 Å². The number of rotatable bonds is 54. The fourth-order valence-corrected chi connectivity index (χ4v) is 8.19. The van der Waals surface area contributed by atoms with E-state index >= 15 is 0 Å². The van der Waals surface area contributed by atoms with Crippen molar-refractivity contribution in [2.24, 2.45) is 0 Å². The summed E-state index contributed by atoms with van der Waals surface area (Å²) < 4.78 is 17.4. The van der Waals surface area contributed by atoms with Crippen molar-refractivity contribution in [2.75, 3.05) is 19.8 Å². The van der Waals surface area contributed by atoms with Crippen LogP contribution < -0.4 is 0 Å². The summed E-state index contributed by atoms with van der Waals surface area (Å²) in [5, 5.41) is 0. The standard InChI is InChI=1S/C65H112O5/c1-4-7-10-13-16-19-22-25-28-31-33-35-37-40-43-46-49-52-55-58-64(66)69-62-63(61-68-60-57-54-51-48-45-42-39-36-32-29-26-23-20-17-14-11-8-5-2)70-65(67)59-56-53-50-47-44-41-38-34-30-27-24-21-18-15-12-9-6-3/h8,11,16-17,19-20,25-26,28-29,33,35-36,39,45,48,63H,4-7,9-10,12-15,18,21-24,27,30-32,34,37-38,40-44,46-47,49-62H2,1-3H3/b11-8-,19-16-,20-17-,28-25-,29-26-,35-33-,39-36-,48-45-. The molecule has 0 spiro atoms. The van der Waals surface area contributed by atoms with Crippen LogP contribution in [-0.4, -0.2) is 37.9 Å². The summed E-state index contributed by atoms with van der Waals surface area (Å²) >= 11 is 0. The maximum absolute atomic E-state index is 12.9. The highest BCUT2D eigenvalue weighted by Gasteiger charge is 2.17. The first-order chi connectivity index (χ1) is 34.6. The molecular formula is C65H112O5. The summed E-state index contributed by atoms with van der Waals surface area (Å²) in [5.41, 5.74) is 0. The fraction of sp³-hybridized carbons (Fsp3) is 0.723. The van der Waals surface area contributed by atoms with Crippen molar-refractivity contribution in [1.29, 1.82) is 0 Å². The van der Waals surface area contributed by atoms with Crippen molar-refractivity contribution in [3.05, 3.63) is 97.2 Å². The Balaban J connectivity index is 4.37. The highest BCUT2D eigenvalue weighted by atomic mass is 16.6. The molecule has 0 heterocycles. The van der Waals surface area contributed by atoms with Crippen LogP contribution in [0.15, 0.2) is 97.2 Å². The van der Waals surface area contributed by atoms with Crippen LogP contribution in [0.1, 0.15) is 278 Å². The van der Waals surface area contributed by atoms with Crippen LogP contribution in [0, 0.1) is 0 Å². The molecule has 0 amide bonds. The molecule has 0 N–H and O–H groups in total. The summed E-state index contributed by atoms with van der Waals surface area (Å²) in [4.78, 5) is 25.6. The minimum Gasteiger partial charge on any atom is -0.462 e. The van der Waals surface area contributed by atoms with Gasteiger partial charge in [0.05, 0.1) is 6.61 Å². The number of ether oxygens (including phenoxy) is 3. The summed E-state index contributed by atoms with van der Waals surface area (Å²) in [6.45, 7) is 7.60. The average molecular weight is 974 g/mol. The number of hydrogen-bond donors (Lipinski definition) is 0. The lowest BCUT2D eigenvalue weighted by Gasteiger charge is -2.18. The van der Waals surface area contributed by atoms with Gasteiger partial charge in [-0.2, -0.15) is 0 Å². The van der Waals surface area contributed by atoms with Crippen LogP contribution in [-0.2, 0) is 23.8 Å². The van der Waals surface area contributed by atoms with Gasteiger partial charge in [0.15, 0.2) is 6.10 Å². The Morgan fingerprint density at radius 1 is 0.329 bits per heavy atom. The SMILES string of the molecule is CC/C=C\C/C=C\C/C=C\C/C=C\C/C=C\CCCCOCC(COC(=O)CCCCCCCC/C=C\C/C=C\C/C=C\CCCCC)OC(=O)CCCCCCCCCCCCCCCCCCC. The van der Waals surface area contributed by atoms with E-state index in [9.17, 15) is 9.59 Å². The van der Waals surface area contributed by atoms with Crippen LogP contribution in [0.2, 0.25) is 0 Å². The monoisotopic (exact) mass is 973 g/mol. The first kappa shape index (κ1) is 66.8. The molecule has 0 saturated carbocycles. The molecule has 5 heteroatoms. The summed E-state index contributed by atoms with van der Waals surface area (Å²) in [6.07, 6.45) is 81.5. The number of esters is 2. The molecular weight excluding hydrogens is 861 g/mol. The third-order valence-electron chi connectivity index (χ3n) is 12.6. The van der Waals surface area contributed by atoms with Crippen LogP contribution in [0.3, 0.4) is 0 Å². The normalized spacial score (nSPS) is 12.9. The predicted molar refractivity (Wildman–Crippen MR) is 306 cm³/mol. The molecule has 0 aliphatic rings. The predicted octanol–water partition coefficient (Wildman–Crippen LogP) is 20.6. The van der Waals surface area contributed by atoms with E-state index in [1.165, 1.54) is 141 Å². The molecule has 5 nitrogen and oxygen atoms in total. The smallest absolute Gasteiger partial charge is 0.306 e. The molecule has 70 heavy (non-hydrogen) atoms. The molecule has 0 radical (unpaired) electrons. The van der Waals surface area contributed by atoms with E-state index in [4.69, 9.17) is 14.2 Å². The lowest BCUT2D eigenvalue weighted by molar-refractivity contribution is -0.163. The molecule has 0 rings (SSSR count). The Kier molecular flexibility index (Phi) is 57.4. The molecule has 0 aromatic heterocycles. The van der Waals surface area contributed by atoms with Crippen molar-refractivity contribution in [1.82, 2.24) is 0 Å². The van der Waals surface area contributed by atoms with Gasteiger partial charge in [-0.25, -0.2) is 0 Å². The molecule has 1 unspecified atom stereocenters. The van der Waals surface area contributed by atoms with E-state index in [2.05, 4.69) is 118 Å². The van der Waals surface area contributed by atoms with Gasteiger partial charge >= 0.3 is 11.9 Å². The first-order valence-electron chi connectivity index (χ1n) is 29.8. The first-order valence-corrected chi connectivity index (χ1v) is 29.8. The summed E-state index contributed by atoms with van der Waals surface area (Å²) in [7, 11) is 0. The van der Waals surface area contributed by atoms with Crippen LogP contribution in [0.25, 0.3) is 0 Å². The van der Waals surface area contributed by atoms with E-state index in [-0.39, 0.29) is 25.2 Å². The molecule has 0 aromatic carbocycles. The van der Waals surface area contributed by atoms with Crippen LogP contribution in [0.4, 0.5) is 0 Å². The second-order valence-electron chi connectivity index (χ2n) is 19.5. The fourth-order valence-electron chi connectivity index (χ4n) is 8.19. The van der Waals surface area contributed by atoms with Gasteiger partial charge in [-0.1, -0.05) is 259 Å². The van der Waals surface area contributed by atoms with E-state index in [1.54, 1.807) is 0 Å². The number of carbonyl (C=O) groups excluding carboxylic acids is 2. The van der Waals surface area contributed by atoms with E-state index in [1.807, 2.05) is 0 Å².